The van der Waals surface area contributed by atoms with E-state index < -0.39 is 10.0 Å². The minimum atomic E-state index is -3.80. The molecule has 0 unspecified atom stereocenters. The van der Waals surface area contributed by atoms with Gasteiger partial charge in [0, 0.05) is 23.4 Å². The fourth-order valence-corrected chi connectivity index (χ4v) is 4.72. The normalized spacial score (nSPS) is 13.5. The number of hydrogen-bond donors (Lipinski definition) is 1. The Balaban J connectivity index is 1.90. The minimum Gasteiger partial charge on any atom is -0.311 e. The summed E-state index contributed by atoms with van der Waals surface area (Å²) in [5.41, 5.74) is 3.64. The van der Waals surface area contributed by atoms with Crippen molar-refractivity contribution in [3.63, 3.8) is 0 Å². The van der Waals surface area contributed by atoms with Crippen LogP contribution in [0.25, 0.3) is 10.8 Å². The van der Waals surface area contributed by atoms with Gasteiger partial charge >= 0.3 is 0 Å². The second-order valence-electron chi connectivity index (χ2n) is 6.60. The molecule has 3 aromatic carbocycles. The molecular weight excluding hydrogens is 348 g/mol. The molecule has 0 aliphatic carbocycles. The average Bonchev–Trinajstić information content (AvgIpc) is 2.85. The number of nitrogens with zero attached hydrogens (tertiary/aromatic N) is 1. The maximum atomic E-state index is 13.1. The van der Waals surface area contributed by atoms with E-state index in [-0.39, 0.29) is 10.8 Å². The van der Waals surface area contributed by atoms with Gasteiger partial charge in [0.1, 0.15) is 0 Å². The van der Waals surface area contributed by atoms with Gasteiger partial charge in [0.25, 0.3) is 15.9 Å². The molecule has 0 bridgehead atoms. The molecule has 0 radical (unpaired) electrons. The number of hydrogen-bond acceptors (Lipinski definition) is 3. The van der Waals surface area contributed by atoms with Crippen molar-refractivity contribution in [2.75, 3.05) is 16.7 Å². The minimum absolute atomic E-state index is 0.123. The van der Waals surface area contributed by atoms with Crippen LogP contribution in [-0.4, -0.2) is 21.4 Å². The second-order valence-corrected chi connectivity index (χ2v) is 8.25. The molecule has 26 heavy (non-hydrogen) atoms. The van der Waals surface area contributed by atoms with E-state index in [1.807, 2.05) is 32.0 Å². The van der Waals surface area contributed by atoms with Crippen molar-refractivity contribution >= 4 is 38.1 Å². The third-order valence-corrected chi connectivity index (χ3v) is 6.23. The highest BCUT2D eigenvalue weighted by Gasteiger charge is 2.30. The summed E-state index contributed by atoms with van der Waals surface area (Å²) in [6, 6.07) is 14.1. The lowest BCUT2D eigenvalue weighted by molar-refractivity contribution is 0.0999. The molecule has 1 aliphatic heterocycles. The monoisotopic (exact) mass is 366 g/mol. The molecule has 0 fully saturated rings. The fourth-order valence-electron chi connectivity index (χ4n) is 3.39. The summed E-state index contributed by atoms with van der Waals surface area (Å²) in [6.45, 7) is 3.77. The van der Waals surface area contributed by atoms with Crippen LogP contribution in [0.5, 0.6) is 0 Å². The number of rotatable bonds is 3. The number of aryl methyl sites for hydroxylation is 2. The molecule has 0 aromatic heterocycles. The van der Waals surface area contributed by atoms with Crippen molar-refractivity contribution in [2.24, 2.45) is 0 Å². The molecule has 0 saturated heterocycles. The number of amides is 1. The Bertz CT molecular complexity index is 1180. The van der Waals surface area contributed by atoms with Crippen molar-refractivity contribution < 1.29 is 13.2 Å². The van der Waals surface area contributed by atoms with Crippen LogP contribution in [0.3, 0.4) is 0 Å². The molecule has 0 spiro atoms. The van der Waals surface area contributed by atoms with E-state index >= 15 is 0 Å². The Morgan fingerprint density at radius 2 is 1.77 bits per heavy atom. The maximum Gasteiger partial charge on any atom is 0.262 e. The number of benzene rings is 3. The van der Waals surface area contributed by atoms with Gasteiger partial charge < -0.3 is 4.90 Å². The molecule has 132 valence electrons. The molecule has 1 N–H and O–H groups in total. The standard InChI is InChI=1S/C20H18N2O3S/c1-12-7-8-13(2)16(11-12)21-26(24,25)18-10-9-17-19-14(18)5-4-6-15(19)20(23)22(17)3/h4-11,21H,1-3H3. The number of carbonyl (C=O) groups is 1. The van der Waals surface area contributed by atoms with Crippen LogP contribution in [0.1, 0.15) is 21.5 Å². The molecule has 0 saturated carbocycles. The van der Waals surface area contributed by atoms with Crippen molar-refractivity contribution in [1.82, 2.24) is 0 Å². The van der Waals surface area contributed by atoms with Crippen molar-refractivity contribution in [3.8, 4) is 0 Å². The van der Waals surface area contributed by atoms with E-state index in [1.165, 1.54) is 0 Å². The van der Waals surface area contributed by atoms with Crippen molar-refractivity contribution in [2.45, 2.75) is 18.7 Å². The van der Waals surface area contributed by atoms with Crippen molar-refractivity contribution in [3.05, 3.63) is 65.2 Å². The zero-order chi connectivity index (χ0) is 18.6. The van der Waals surface area contributed by atoms with Crippen LogP contribution in [0.15, 0.2) is 53.4 Å². The molecule has 6 heteroatoms. The van der Waals surface area contributed by atoms with Crippen molar-refractivity contribution in [1.29, 1.82) is 0 Å². The first-order valence-electron chi connectivity index (χ1n) is 8.23. The van der Waals surface area contributed by atoms with Gasteiger partial charge in [0.2, 0.25) is 0 Å². The molecule has 1 amide bonds. The average molecular weight is 366 g/mol. The molecule has 4 rings (SSSR count). The van der Waals surface area contributed by atoms with Crippen LogP contribution in [-0.2, 0) is 10.0 Å². The smallest absolute Gasteiger partial charge is 0.262 e. The Morgan fingerprint density at radius 1 is 1.00 bits per heavy atom. The first-order chi connectivity index (χ1) is 12.3. The van der Waals surface area contributed by atoms with Crippen LogP contribution in [0.2, 0.25) is 0 Å². The lowest BCUT2D eigenvalue weighted by Gasteiger charge is -2.14. The van der Waals surface area contributed by atoms with Crippen LogP contribution >= 0.6 is 0 Å². The van der Waals surface area contributed by atoms with Gasteiger partial charge in [0.05, 0.1) is 16.3 Å². The molecule has 1 aliphatic rings. The highest BCUT2D eigenvalue weighted by molar-refractivity contribution is 7.93. The summed E-state index contributed by atoms with van der Waals surface area (Å²) < 4.78 is 28.8. The fraction of sp³-hybridized carbons (Fsp3) is 0.150. The van der Waals surface area contributed by atoms with Gasteiger partial charge in [-0.3, -0.25) is 9.52 Å². The van der Waals surface area contributed by atoms with Crippen LogP contribution < -0.4 is 9.62 Å². The van der Waals surface area contributed by atoms with Gasteiger partial charge in [-0.05, 0) is 49.2 Å². The third kappa shape index (κ3) is 2.37. The highest BCUT2D eigenvalue weighted by Crippen LogP contribution is 2.39. The number of carbonyl (C=O) groups excluding carboxylic acids is 1. The third-order valence-electron chi connectivity index (χ3n) is 4.80. The van der Waals surface area contributed by atoms with E-state index in [1.54, 1.807) is 42.3 Å². The SMILES string of the molecule is Cc1ccc(C)c(NS(=O)(=O)c2ccc3c4c(cccc24)C(=O)N3C)c1. The lowest BCUT2D eigenvalue weighted by atomic mass is 10.1. The number of anilines is 2. The predicted molar refractivity (Wildman–Crippen MR) is 103 cm³/mol. The van der Waals surface area contributed by atoms with E-state index in [2.05, 4.69) is 4.72 Å². The summed E-state index contributed by atoms with van der Waals surface area (Å²) >= 11 is 0. The number of sulfonamides is 1. The highest BCUT2D eigenvalue weighted by atomic mass is 32.2. The Kier molecular flexibility index (Phi) is 3.56. The van der Waals surface area contributed by atoms with E-state index in [0.29, 0.717) is 22.0 Å². The quantitative estimate of drug-likeness (QED) is 0.766. The summed E-state index contributed by atoms with van der Waals surface area (Å²) in [5.74, 6) is -0.123. The summed E-state index contributed by atoms with van der Waals surface area (Å²) in [6.07, 6.45) is 0. The first-order valence-corrected chi connectivity index (χ1v) is 9.72. The van der Waals surface area contributed by atoms with Gasteiger partial charge in [-0.1, -0.05) is 24.3 Å². The van der Waals surface area contributed by atoms with E-state index in [0.717, 1.165) is 16.8 Å². The van der Waals surface area contributed by atoms with Gasteiger partial charge in [-0.2, -0.15) is 0 Å². The van der Waals surface area contributed by atoms with Gasteiger partial charge in [0.15, 0.2) is 0 Å². The lowest BCUT2D eigenvalue weighted by Crippen LogP contribution is -2.20. The molecular formula is C20H18N2O3S. The Labute approximate surface area is 152 Å². The summed E-state index contributed by atoms with van der Waals surface area (Å²) in [5, 5.41) is 1.24. The zero-order valence-electron chi connectivity index (χ0n) is 14.7. The maximum absolute atomic E-state index is 13.1. The first kappa shape index (κ1) is 16.6. The van der Waals surface area contributed by atoms with Gasteiger partial charge in [-0.25, -0.2) is 8.42 Å². The summed E-state index contributed by atoms with van der Waals surface area (Å²) in [7, 11) is -2.11. The largest absolute Gasteiger partial charge is 0.311 e. The Morgan fingerprint density at radius 3 is 2.54 bits per heavy atom. The Hall–Kier alpha value is -2.86. The van der Waals surface area contributed by atoms with Crippen LogP contribution in [0, 0.1) is 13.8 Å². The number of nitrogens with one attached hydrogen (secondary N) is 1. The molecule has 1 heterocycles. The predicted octanol–water partition coefficient (Wildman–Crippen LogP) is 3.85. The summed E-state index contributed by atoms with van der Waals surface area (Å²) in [4.78, 5) is 14.1. The second kappa shape index (κ2) is 5.57. The zero-order valence-corrected chi connectivity index (χ0v) is 15.5. The molecule has 0 atom stereocenters. The molecule has 5 nitrogen and oxygen atoms in total. The van der Waals surface area contributed by atoms with Crippen LogP contribution in [0.4, 0.5) is 11.4 Å². The van der Waals surface area contributed by atoms with Gasteiger partial charge in [-0.15, -0.1) is 0 Å². The van der Waals surface area contributed by atoms with E-state index in [9.17, 15) is 13.2 Å². The van der Waals surface area contributed by atoms with E-state index in [4.69, 9.17) is 0 Å². The molecule has 3 aromatic rings. The topological polar surface area (TPSA) is 66.5 Å².